The largest absolute Gasteiger partial charge is 0.349 e. The number of amides is 1. The Morgan fingerprint density at radius 2 is 1.70 bits per heavy atom. The minimum absolute atomic E-state index is 0.160. The van der Waals surface area contributed by atoms with Crippen LogP contribution in [-0.2, 0) is 10.0 Å². The third kappa shape index (κ3) is 4.21. The molecule has 0 bridgehead atoms. The van der Waals surface area contributed by atoms with E-state index in [9.17, 15) is 13.2 Å². The Bertz CT molecular complexity index is 817. The molecule has 6 heteroatoms. The van der Waals surface area contributed by atoms with Crippen molar-refractivity contribution in [2.45, 2.75) is 69.7 Å². The highest BCUT2D eigenvalue weighted by molar-refractivity contribution is 7.89. The number of sulfonamides is 1. The van der Waals surface area contributed by atoms with Crippen LogP contribution >= 0.6 is 0 Å². The number of nitrogens with one attached hydrogen (secondary N) is 1. The zero-order valence-electron chi connectivity index (χ0n) is 16.9. The van der Waals surface area contributed by atoms with Gasteiger partial charge in [0.2, 0.25) is 10.0 Å². The maximum atomic E-state index is 12.9. The number of benzene rings is 1. The van der Waals surface area contributed by atoms with Crippen LogP contribution in [0.5, 0.6) is 0 Å². The number of fused-ring (bicyclic) bond motifs is 1. The van der Waals surface area contributed by atoms with E-state index < -0.39 is 10.0 Å². The molecule has 2 fully saturated rings. The van der Waals surface area contributed by atoms with E-state index in [4.69, 9.17) is 0 Å². The molecule has 150 valence electrons. The zero-order valence-corrected chi connectivity index (χ0v) is 17.7. The van der Waals surface area contributed by atoms with Crippen molar-refractivity contribution in [2.75, 3.05) is 14.1 Å². The lowest BCUT2D eigenvalue weighted by molar-refractivity contribution is 0.0879. The summed E-state index contributed by atoms with van der Waals surface area (Å²) in [4.78, 5) is 13.1. The van der Waals surface area contributed by atoms with E-state index in [2.05, 4.69) is 5.32 Å². The van der Waals surface area contributed by atoms with Gasteiger partial charge in [-0.3, -0.25) is 4.79 Å². The Morgan fingerprint density at radius 1 is 1.04 bits per heavy atom. The Balaban J connectivity index is 1.78. The standard InChI is InChI=1S/C21H32N2O3S/c1-14-11-18(13-20(15(14)2)27(25,26)23(3)4)21(24)22-19-10-9-16-7-5-6-8-17(16)12-19/h11,13,16-17,19H,5-10,12H2,1-4H3,(H,22,24). The fourth-order valence-electron chi connectivity index (χ4n) is 4.70. The fourth-order valence-corrected chi connectivity index (χ4v) is 5.91. The van der Waals surface area contributed by atoms with Crippen LogP contribution in [0.3, 0.4) is 0 Å². The number of hydrogen-bond donors (Lipinski definition) is 1. The van der Waals surface area contributed by atoms with Crippen molar-refractivity contribution in [3.05, 3.63) is 28.8 Å². The van der Waals surface area contributed by atoms with Gasteiger partial charge in [-0.25, -0.2) is 12.7 Å². The first kappa shape index (κ1) is 20.3. The summed E-state index contributed by atoms with van der Waals surface area (Å²) < 4.78 is 26.4. The highest BCUT2D eigenvalue weighted by Gasteiger charge is 2.33. The van der Waals surface area contributed by atoms with Crippen molar-refractivity contribution in [1.82, 2.24) is 9.62 Å². The Labute approximate surface area is 163 Å². The van der Waals surface area contributed by atoms with E-state index in [1.54, 1.807) is 13.0 Å². The van der Waals surface area contributed by atoms with Crippen LogP contribution in [-0.4, -0.2) is 38.8 Å². The van der Waals surface area contributed by atoms with Crippen LogP contribution < -0.4 is 5.32 Å². The maximum absolute atomic E-state index is 12.9. The molecular formula is C21H32N2O3S. The summed E-state index contributed by atoms with van der Waals surface area (Å²) in [5.74, 6) is 1.42. The van der Waals surface area contributed by atoms with E-state index >= 15 is 0 Å². The highest BCUT2D eigenvalue weighted by Crippen LogP contribution is 2.40. The van der Waals surface area contributed by atoms with Gasteiger partial charge in [0.15, 0.2) is 0 Å². The highest BCUT2D eigenvalue weighted by atomic mass is 32.2. The minimum atomic E-state index is -3.58. The fraction of sp³-hybridized carbons (Fsp3) is 0.667. The molecule has 3 unspecified atom stereocenters. The van der Waals surface area contributed by atoms with E-state index in [0.717, 1.165) is 30.2 Å². The quantitative estimate of drug-likeness (QED) is 0.851. The zero-order chi connectivity index (χ0) is 19.8. The topological polar surface area (TPSA) is 66.5 Å². The SMILES string of the molecule is Cc1cc(C(=O)NC2CCC3CCCCC3C2)cc(S(=O)(=O)N(C)C)c1C. The van der Waals surface area contributed by atoms with Crippen molar-refractivity contribution < 1.29 is 13.2 Å². The molecule has 2 aliphatic carbocycles. The molecule has 0 saturated heterocycles. The molecular weight excluding hydrogens is 360 g/mol. The van der Waals surface area contributed by atoms with E-state index in [-0.39, 0.29) is 16.8 Å². The van der Waals surface area contributed by atoms with E-state index in [1.807, 2.05) is 6.92 Å². The predicted molar refractivity (Wildman–Crippen MR) is 107 cm³/mol. The molecule has 3 atom stereocenters. The molecule has 27 heavy (non-hydrogen) atoms. The van der Waals surface area contributed by atoms with Crippen LogP contribution in [0.2, 0.25) is 0 Å². The summed E-state index contributed by atoms with van der Waals surface area (Å²) >= 11 is 0. The lowest BCUT2D eigenvalue weighted by Gasteiger charge is -2.39. The van der Waals surface area contributed by atoms with Crippen LogP contribution in [0.4, 0.5) is 0 Å². The summed E-state index contributed by atoms with van der Waals surface area (Å²) in [5, 5.41) is 3.18. The molecule has 3 rings (SSSR count). The van der Waals surface area contributed by atoms with Crippen LogP contribution in [0.15, 0.2) is 17.0 Å². The van der Waals surface area contributed by atoms with Crippen LogP contribution in [0.1, 0.15) is 66.4 Å². The minimum Gasteiger partial charge on any atom is -0.349 e. The first-order valence-electron chi connectivity index (χ1n) is 10.0. The molecule has 1 aromatic carbocycles. The summed E-state index contributed by atoms with van der Waals surface area (Å²) in [6, 6.07) is 3.53. The third-order valence-corrected chi connectivity index (χ3v) is 8.46. The molecule has 1 N–H and O–H groups in total. The van der Waals surface area contributed by atoms with Crippen molar-refractivity contribution in [3.63, 3.8) is 0 Å². The molecule has 1 amide bonds. The van der Waals surface area contributed by atoms with Gasteiger partial charge in [0, 0.05) is 25.7 Å². The molecule has 5 nitrogen and oxygen atoms in total. The average Bonchev–Trinajstić information content (AvgIpc) is 2.63. The number of rotatable bonds is 4. The van der Waals surface area contributed by atoms with Gasteiger partial charge in [-0.15, -0.1) is 0 Å². The first-order valence-corrected chi connectivity index (χ1v) is 11.5. The van der Waals surface area contributed by atoms with Crippen molar-refractivity contribution >= 4 is 15.9 Å². The summed E-state index contributed by atoms with van der Waals surface area (Å²) in [5.41, 5.74) is 1.95. The predicted octanol–water partition coefficient (Wildman–Crippen LogP) is 3.64. The molecule has 0 radical (unpaired) electrons. The molecule has 0 aliphatic heterocycles. The number of hydrogen-bond acceptors (Lipinski definition) is 3. The molecule has 2 aliphatic rings. The smallest absolute Gasteiger partial charge is 0.251 e. The van der Waals surface area contributed by atoms with E-state index in [1.165, 1.54) is 56.6 Å². The number of carbonyl (C=O) groups excluding carboxylic acids is 1. The van der Waals surface area contributed by atoms with Gasteiger partial charge in [-0.05, 0) is 68.2 Å². The number of carbonyl (C=O) groups is 1. The number of nitrogens with zero attached hydrogens (tertiary/aromatic N) is 1. The van der Waals surface area contributed by atoms with Gasteiger partial charge >= 0.3 is 0 Å². The van der Waals surface area contributed by atoms with Crippen molar-refractivity contribution in [2.24, 2.45) is 11.8 Å². The summed E-state index contributed by atoms with van der Waals surface area (Å²) in [6.07, 6.45) is 8.57. The van der Waals surface area contributed by atoms with Gasteiger partial charge in [0.05, 0.1) is 4.90 Å². The van der Waals surface area contributed by atoms with Gasteiger partial charge in [0.25, 0.3) is 5.91 Å². The van der Waals surface area contributed by atoms with Gasteiger partial charge in [0.1, 0.15) is 0 Å². The van der Waals surface area contributed by atoms with Crippen LogP contribution in [0, 0.1) is 25.7 Å². The Hall–Kier alpha value is -1.40. The van der Waals surface area contributed by atoms with Crippen LogP contribution in [0.25, 0.3) is 0 Å². The maximum Gasteiger partial charge on any atom is 0.251 e. The second kappa shape index (κ2) is 7.92. The second-order valence-corrected chi connectivity index (χ2v) is 10.6. The molecule has 0 heterocycles. The van der Waals surface area contributed by atoms with E-state index in [0.29, 0.717) is 11.1 Å². The van der Waals surface area contributed by atoms with Gasteiger partial charge < -0.3 is 5.32 Å². The summed E-state index contributed by atoms with van der Waals surface area (Å²) in [6.45, 7) is 3.64. The third-order valence-electron chi connectivity index (χ3n) is 6.52. The summed E-state index contributed by atoms with van der Waals surface area (Å²) in [7, 11) is -0.555. The number of aryl methyl sites for hydroxylation is 1. The van der Waals surface area contributed by atoms with Crippen molar-refractivity contribution in [3.8, 4) is 0 Å². The second-order valence-electron chi connectivity index (χ2n) is 8.49. The Morgan fingerprint density at radius 3 is 2.37 bits per heavy atom. The van der Waals surface area contributed by atoms with Gasteiger partial charge in [-0.1, -0.05) is 25.7 Å². The first-order chi connectivity index (χ1) is 12.7. The monoisotopic (exact) mass is 392 g/mol. The lowest BCUT2D eigenvalue weighted by Crippen LogP contribution is -2.41. The van der Waals surface area contributed by atoms with Gasteiger partial charge in [-0.2, -0.15) is 0 Å². The molecule has 0 spiro atoms. The molecule has 0 aromatic heterocycles. The molecule has 1 aromatic rings. The Kier molecular flexibility index (Phi) is 5.96. The normalized spacial score (nSPS) is 25.9. The van der Waals surface area contributed by atoms with Crippen molar-refractivity contribution in [1.29, 1.82) is 0 Å². The lowest BCUT2D eigenvalue weighted by atomic mass is 9.69. The molecule has 2 saturated carbocycles. The average molecular weight is 393 g/mol.